The van der Waals surface area contributed by atoms with Crippen molar-refractivity contribution in [2.24, 2.45) is 0 Å². The highest BCUT2D eigenvalue weighted by atomic mass is 14.4. The average Bonchev–Trinajstić information content (AvgIpc) is 3.30. The van der Waals surface area contributed by atoms with E-state index in [0.717, 1.165) is 0 Å². The molecule has 0 aliphatic heterocycles. The van der Waals surface area contributed by atoms with Gasteiger partial charge in [-0.15, -0.1) is 0 Å². The zero-order chi connectivity index (χ0) is 28.1. The number of benzene rings is 5. The summed E-state index contributed by atoms with van der Waals surface area (Å²) in [6.07, 6.45) is 0. The average molecular weight is 521 g/mol. The molecule has 7 rings (SSSR count). The summed E-state index contributed by atoms with van der Waals surface area (Å²) in [4.78, 5) is 0. The zero-order valence-corrected chi connectivity index (χ0v) is 25.2. The van der Waals surface area contributed by atoms with Crippen LogP contribution in [0.4, 0.5) is 0 Å². The smallest absolute Gasteiger partial charge is 0.0159 e. The second kappa shape index (κ2) is 8.43. The fourth-order valence-corrected chi connectivity index (χ4v) is 7.58. The van der Waals surface area contributed by atoms with E-state index in [2.05, 4.69) is 140 Å². The minimum absolute atomic E-state index is 0.00545. The summed E-state index contributed by atoms with van der Waals surface area (Å²) in [6, 6.07) is 33.0. The molecular formula is C40H40. The molecule has 5 aromatic carbocycles. The third-order valence-electron chi connectivity index (χ3n) is 10.1. The van der Waals surface area contributed by atoms with Gasteiger partial charge in [0.1, 0.15) is 0 Å². The highest BCUT2D eigenvalue weighted by Gasteiger charge is 2.41. The number of rotatable bonds is 3. The molecule has 0 fully saturated rings. The molecule has 200 valence electrons. The summed E-state index contributed by atoms with van der Waals surface area (Å²) in [5.74, 6) is 1.04. The molecule has 2 aliphatic rings. The molecular weight excluding hydrogens is 480 g/mol. The predicted octanol–water partition coefficient (Wildman–Crippen LogP) is 11.4. The standard InChI is InChI=1S/C40H40/c1-23(2)25-13-15-31-33-21-38-34(22-37(33)39(5,6)35(31)19-25)32-16-14-26(20-36(32)40(38,7)8)28-18-17-27(24(3)4)29-11-9-10-12-30(28)29/h9-24H,1-8H3. The molecule has 2 aliphatic carbocycles. The maximum Gasteiger partial charge on any atom is 0.0159 e. The molecule has 0 atom stereocenters. The Kier molecular flexibility index (Phi) is 5.34. The molecule has 0 nitrogen and oxygen atoms in total. The van der Waals surface area contributed by atoms with Crippen LogP contribution in [-0.2, 0) is 10.8 Å². The van der Waals surface area contributed by atoms with Gasteiger partial charge in [-0.25, -0.2) is 0 Å². The Balaban J connectivity index is 1.39. The third-order valence-corrected chi connectivity index (χ3v) is 10.1. The van der Waals surface area contributed by atoms with Crippen molar-refractivity contribution in [3.05, 3.63) is 118 Å². The number of hydrogen-bond donors (Lipinski definition) is 0. The van der Waals surface area contributed by atoms with E-state index in [4.69, 9.17) is 0 Å². The summed E-state index contributed by atoms with van der Waals surface area (Å²) in [5.41, 5.74) is 16.9. The fourth-order valence-electron chi connectivity index (χ4n) is 7.58. The highest BCUT2D eigenvalue weighted by molar-refractivity contribution is 6.00. The maximum absolute atomic E-state index is 2.53. The molecule has 0 N–H and O–H groups in total. The second-order valence-corrected chi connectivity index (χ2v) is 13.8. The molecule has 0 spiro atoms. The first-order valence-corrected chi connectivity index (χ1v) is 15.0. The topological polar surface area (TPSA) is 0 Å². The third kappa shape index (κ3) is 3.38. The quantitative estimate of drug-likeness (QED) is 0.222. The lowest BCUT2D eigenvalue weighted by Crippen LogP contribution is -2.17. The van der Waals surface area contributed by atoms with Gasteiger partial charge in [0.2, 0.25) is 0 Å². The maximum atomic E-state index is 2.53. The van der Waals surface area contributed by atoms with E-state index in [1.165, 1.54) is 77.5 Å². The summed E-state index contributed by atoms with van der Waals surface area (Å²) >= 11 is 0. The van der Waals surface area contributed by atoms with Crippen LogP contribution in [-0.4, -0.2) is 0 Å². The van der Waals surface area contributed by atoms with Crippen LogP contribution in [0, 0.1) is 0 Å². The van der Waals surface area contributed by atoms with Gasteiger partial charge in [0.25, 0.3) is 0 Å². The van der Waals surface area contributed by atoms with E-state index in [-0.39, 0.29) is 10.8 Å². The van der Waals surface area contributed by atoms with Gasteiger partial charge in [-0.1, -0.05) is 122 Å². The Morgan fingerprint density at radius 2 is 0.975 bits per heavy atom. The van der Waals surface area contributed by atoms with Crippen molar-refractivity contribution in [2.45, 2.75) is 78.1 Å². The van der Waals surface area contributed by atoms with Gasteiger partial charge in [0, 0.05) is 10.8 Å². The molecule has 0 aromatic heterocycles. The SMILES string of the molecule is CC(C)c1ccc2c(c1)C(C)(C)c1cc3c(cc1-2)C(C)(C)c1cc(-c2ccc(C(C)C)c4ccccc24)ccc1-3. The van der Waals surface area contributed by atoms with Crippen molar-refractivity contribution in [3.8, 4) is 33.4 Å². The lowest BCUT2D eigenvalue weighted by Gasteiger charge is -2.24. The van der Waals surface area contributed by atoms with E-state index in [1.54, 1.807) is 0 Å². The normalized spacial score (nSPS) is 15.8. The highest BCUT2D eigenvalue weighted by Crippen LogP contribution is 2.56. The van der Waals surface area contributed by atoms with Gasteiger partial charge in [0.05, 0.1) is 0 Å². The zero-order valence-electron chi connectivity index (χ0n) is 25.2. The molecule has 40 heavy (non-hydrogen) atoms. The summed E-state index contributed by atoms with van der Waals surface area (Å²) in [6.45, 7) is 18.8. The lowest BCUT2D eigenvalue weighted by molar-refractivity contribution is 0.651. The van der Waals surface area contributed by atoms with Gasteiger partial charge >= 0.3 is 0 Å². The Hall–Kier alpha value is -3.64. The van der Waals surface area contributed by atoms with Crippen molar-refractivity contribution in [1.82, 2.24) is 0 Å². The molecule has 5 aromatic rings. The van der Waals surface area contributed by atoms with Gasteiger partial charge in [0.15, 0.2) is 0 Å². The first-order chi connectivity index (χ1) is 19.0. The Morgan fingerprint density at radius 1 is 0.450 bits per heavy atom. The first-order valence-electron chi connectivity index (χ1n) is 15.0. The van der Waals surface area contributed by atoms with Crippen LogP contribution in [0.5, 0.6) is 0 Å². The van der Waals surface area contributed by atoms with Crippen LogP contribution >= 0.6 is 0 Å². The molecule has 0 saturated carbocycles. The van der Waals surface area contributed by atoms with Crippen LogP contribution in [0.1, 0.15) is 101 Å². The van der Waals surface area contributed by atoms with Crippen LogP contribution in [0.2, 0.25) is 0 Å². The largest absolute Gasteiger partial charge is 0.0616 e. The summed E-state index contributed by atoms with van der Waals surface area (Å²) in [5, 5.41) is 2.72. The Morgan fingerprint density at radius 3 is 1.57 bits per heavy atom. The number of hydrogen-bond acceptors (Lipinski definition) is 0. The van der Waals surface area contributed by atoms with E-state index < -0.39 is 0 Å². The minimum Gasteiger partial charge on any atom is -0.0616 e. The molecule has 0 unspecified atom stereocenters. The number of fused-ring (bicyclic) bond motifs is 7. The predicted molar refractivity (Wildman–Crippen MR) is 173 cm³/mol. The molecule has 0 amide bonds. The van der Waals surface area contributed by atoms with E-state index in [9.17, 15) is 0 Å². The fraction of sp³-hybridized carbons (Fsp3) is 0.300. The van der Waals surface area contributed by atoms with Gasteiger partial charge < -0.3 is 0 Å². The van der Waals surface area contributed by atoms with Crippen molar-refractivity contribution in [2.75, 3.05) is 0 Å². The van der Waals surface area contributed by atoms with Crippen molar-refractivity contribution >= 4 is 10.8 Å². The van der Waals surface area contributed by atoms with Crippen LogP contribution in [0.25, 0.3) is 44.2 Å². The lowest BCUT2D eigenvalue weighted by atomic mass is 9.78. The van der Waals surface area contributed by atoms with Gasteiger partial charge in [-0.3, -0.25) is 0 Å². The van der Waals surface area contributed by atoms with Crippen LogP contribution in [0.3, 0.4) is 0 Å². The molecule has 0 bridgehead atoms. The molecule has 0 radical (unpaired) electrons. The van der Waals surface area contributed by atoms with Crippen LogP contribution in [0.15, 0.2) is 84.9 Å². The van der Waals surface area contributed by atoms with Crippen molar-refractivity contribution in [3.63, 3.8) is 0 Å². The van der Waals surface area contributed by atoms with Crippen molar-refractivity contribution in [1.29, 1.82) is 0 Å². The Bertz CT molecular complexity index is 1840. The minimum atomic E-state index is -0.0614. The molecule has 0 saturated heterocycles. The van der Waals surface area contributed by atoms with E-state index in [1.807, 2.05) is 0 Å². The van der Waals surface area contributed by atoms with Gasteiger partial charge in [-0.2, -0.15) is 0 Å². The summed E-state index contributed by atoms with van der Waals surface area (Å²) < 4.78 is 0. The summed E-state index contributed by atoms with van der Waals surface area (Å²) in [7, 11) is 0. The monoisotopic (exact) mass is 520 g/mol. The van der Waals surface area contributed by atoms with E-state index >= 15 is 0 Å². The first kappa shape index (κ1) is 25.3. The van der Waals surface area contributed by atoms with Crippen molar-refractivity contribution < 1.29 is 0 Å². The second-order valence-electron chi connectivity index (χ2n) is 13.8. The van der Waals surface area contributed by atoms with Crippen LogP contribution < -0.4 is 0 Å². The molecule has 0 heterocycles. The molecule has 0 heteroatoms. The van der Waals surface area contributed by atoms with E-state index in [0.29, 0.717) is 11.8 Å². The Labute approximate surface area is 240 Å². The van der Waals surface area contributed by atoms with Gasteiger partial charge in [-0.05, 0) is 108 Å².